The second kappa shape index (κ2) is 10.5. The predicted octanol–water partition coefficient (Wildman–Crippen LogP) is 5.35. The van der Waals surface area contributed by atoms with Gasteiger partial charge in [0.1, 0.15) is 12.4 Å². The van der Waals surface area contributed by atoms with Crippen LogP contribution in [0.5, 0.6) is 5.75 Å². The zero-order valence-corrected chi connectivity index (χ0v) is 19.4. The smallest absolute Gasteiger partial charge is 0.234 e. The summed E-state index contributed by atoms with van der Waals surface area (Å²) in [6.45, 7) is 10.5. The number of hydrogen-bond acceptors (Lipinski definition) is 5. The molecule has 162 valence electrons. The number of amides is 1. The van der Waals surface area contributed by atoms with Crippen LogP contribution >= 0.6 is 23.4 Å². The molecule has 0 aliphatic carbocycles. The summed E-state index contributed by atoms with van der Waals surface area (Å²) in [5.41, 5.74) is 4.12. The molecule has 1 aromatic heterocycles. The Morgan fingerprint density at radius 3 is 2.61 bits per heavy atom. The Hall–Kier alpha value is -2.77. The van der Waals surface area contributed by atoms with Gasteiger partial charge in [-0.15, -0.1) is 16.8 Å². The van der Waals surface area contributed by atoms with Crippen molar-refractivity contribution in [3.63, 3.8) is 0 Å². The maximum absolute atomic E-state index is 12.6. The molecule has 0 bridgehead atoms. The van der Waals surface area contributed by atoms with Crippen LogP contribution in [0.25, 0.3) is 0 Å². The van der Waals surface area contributed by atoms with Crippen molar-refractivity contribution >= 4 is 35.0 Å². The van der Waals surface area contributed by atoms with Gasteiger partial charge in [0.25, 0.3) is 0 Å². The summed E-state index contributed by atoms with van der Waals surface area (Å²) in [6, 6.07) is 11.4. The van der Waals surface area contributed by atoms with Crippen molar-refractivity contribution < 1.29 is 9.53 Å². The number of benzene rings is 2. The topological polar surface area (TPSA) is 69.0 Å². The standard InChI is InChI=1S/C23H25ClN4O2S/c1-5-10-28-20(13-30-19-9-7-6-8-18(19)24)26-27-23(28)31-14-21(29)25-22-16(3)11-15(2)12-17(22)4/h5-9,11-12H,1,10,13-14H2,2-4H3,(H,25,29). The lowest BCUT2D eigenvalue weighted by molar-refractivity contribution is -0.113. The van der Waals surface area contributed by atoms with Gasteiger partial charge in [-0.1, -0.05) is 59.3 Å². The number of ether oxygens (including phenoxy) is 1. The van der Waals surface area contributed by atoms with Gasteiger partial charge < -0.3 is 10.1 Å². The molecule has 1 heterocycles. The normalized spacial score (nSPS) is 10.7. The Bertz CT molecular complexity index is 1070. The molecule has 0 unspecified atom stereocenters. The van der Waals surface area contributed by atoms with Crippen molar-refractivity contribution in [1.29, 1.82) is 0 Å². The quantitative estimate of drug-likeness (QED) is 0.347. The molecule has 0 radical (unpaired) electrons. The van der Waals surface area contributed by atoms with E-state index in [9.17, 15) is 4.79 Å². The fourth-order valence-electron chi connectivity index (χ4n) is 3.23. The van der Waals surface area contributed by atoms with Crippen LogP contribution in [0.15, 0.2) is 54.2 Å². The molecule has 3 aromatic rings. The van der Waals surface area contributed by atoms with E-state index in [0.29, 0.717) is 28.3 Å². The second-order valence-corrected chi connectivity index (χ2v) is 8.48. The Balaban J connectivity index is 1.65. The number of halogens is 1. The molecule has 8 heteroatoms. The Labute approximate surface area is 191 Å². The van der Waals surface area contributed by atoms with Crippen LogP contribution in [0.2, 0.25) is 5.02 Å². The van der Waals surface area contributed by atoms with E-state index < -0.39 is 0 Å². The van der Waals surface area contributed by atoms with E-state index in [1.165, 1.54) is 17.3 Å². The minimum absolute atomic E-state index is 0.0953. The summed E-state index contributed by atoms with van der Waals surface area (Å²) in [7, 11) is 0. The molecule has 0 saturated heterocycles. The van der Waals surface area contributed by atoms with Gasteiger partial charge in [-0.05, 0) is 44.0 Å². The molecular weight excluding hydrogens is 432 g/mol. The van der Waals surface area contributed by atoms with Crippen LogP contribution in [-0.4, -0.2) is 26.4 Å². The third-order valence-corrected chi connectivity index (χ3v) is 5.85. The number of nitrogens with zero attached hydrogens (tertiary/aromatic N) is 3. The first-order valence-corrected chi connectivity index (χ1v) is 11.2. The predicted molar refractivity (Wildman–Crippen MR) is 126 cm³/mol. The summed E-state index contributed by atoms with van der Waals surface area (Å²) in [5.74, 6) is 1.33. The van der Waals surface area contributed by atoms with Crippen molar-refractivity contribution in [3.05, 3.63) is 76.6 Å². The Kier molecular flexibility index (Phi) is 7.76. The lowest BCUT2D eigenvalue weighted by Crippen LogP contribution is -2.16. The number of carbonyl (C=O) groups excluding carboxylic acids is 1. The van der Waals surface area contributed by atoms with Crippen LogP contribution in [0.4, 0.5) is 5.69 Å². The highest BCUT2D eigenvalue weighted by atomic mass is 35.5. The molecule has 6 nitrogen and oxygen atoms in total. The lowest BCUT2D eigenvalue weighted by atomic mass is 10.1. The molecular formula is C23H25ClN4O2S. The third-order valence-electron chi connectivity index (χ3n) is 4.57. The molecule has 31 heavy (non-hydrogen) atoms. The van der Waals surface area contributed by atoms with Crippen LogP contribution in [-0.2, 0) is 17.9 Å². The average molecular weight is 457 g/mol. The van der Waals surface area contributed by atoms with Gasteiger partial charge in [0.15, 0.2) is 11.0 Å². The van der Waals surface area contributed by atoms with E-state index in [0.717, 1.165) is 16.8 Å². The number of thioether (sulfide) groups is 1. The number of para-hydroxylation sites is 1. The fourth-order valence-corrected chi connectivity index (χ4v) is 4.19. The first kappa shape index (κ1) is 22.9. The number of allylic oxidation sites excluding steroid dienone is 1. The fraction of sp³-hybridized carbons (Fsp3) is 0.261. The third kappa shape index (κ3) is 5.89. The number of hydrogen-bond donors (Lipinski definition) is 1. The van der Waals surface area contributed by atoms with Gasteiger partial charge in [-0.2, -0.15) is 0 Å². The number of anilines is 1. The highest BCUT2D eigenvalue weighted by Gasteiger charge is 2.15. The summed E-state index contributed by atoms with van der Waals surface area (Å²) in [4.78, 5) is 12.6. The average Bonchev–Trinajstić information content (AvgIpc) is 3.10. The number of aromatic nitrogens is 3. The van der Waals surface area contributed by atoms with E-state index in [-0.39, 0.29) is 18.3 Å². The molecule has 3 rings (SSSR count). The molecule has 1 amide bonds. The van der Waals surface area contributed by atoms with E-state index in [4.69, 9.17) is 16.3 Å². The SMILES string of the molecule is C=CCn1c(COc2ccccc2Cl)nnc1SCC(=O)Nc1c(C)cc(C)cc1C. The number of carbonyl (C=O) groups is 1. The molecule has 0 fully saturated rings. The Morgan fingerprint density at radius 2 is 1.94 bits per heavy atom. The van der Waals surface area contributed by atoms with Crippen molar-refractivity contribution in [2.45, 2.75) is 39.1 Å². The van der Waals surface area contributed by atoms with Gasteiger partial charge in [-0.3, -0.25) is 9.36 Å². The first-order valence-electron chi connectivity index (χ1n) is 9.80. The van der Waals surface area contributed by atoms with E-state index in [1.54, 1.807) is 18.2 Å². The van der Waals surface area contributed by atoms with Crippen LogP contribution in [0.3, 0.4) is 0 Å². The van der Waals surface area contributed by atoms with Crippen LogP contribution in [0, 0.1) is 20.8 Å². The summed E-state index contributed by atoms with van der Waals surface area (Å²) < 4.78 is 7.66. The molecule has 0 spiro atoms. The van der Waals surface area contributed by atoms with Gasteiger partial charge in [0.2, 0.25) is 5.91 Å². The van der Waals surface area contributed by atoms with E-state index in [1.807, 2.05) is 37.5 Å². The summed E-state index contributed by atoms with van der Waals surface area (Å²) in [5, 5.41) is 12.6. The lowest BCUT2D eigenvalue weighted by Gasteiger charge is -2.13. The maximum atomic E-state index is 12.6. The molecule has 2 aromatic carbocycles. The molecule has 0 aliphatic heterocycles. The van der Waals surface area contributed by atoms with E-state index in [2.05, 4.69) is 34.2 Å². The van der Waals surface area contributed by atoms with Crippen molar-refractivity contribution in [2.75, 3.05) is 11.1 Å². The Morgan fingerprint density at radius 1 is 1.23 bits per heavy atom. The van der Waals surface area contributed by atoms with Crippen molar-refractivity contribution in [2.24, 2.45) is 0 Å². The number of nitrogens with one attached hydrogen (secondary N) is 1. The second-order valence-electron chi connectivity index (χ2n) is 7.13. The zero-order valence-electron chi connectivity index (χ0n) is 17.8. The summed E-state index contributed by atoms with van der Waals surface area (Å²) >= 11 is 7.47. The van der Waals surface area contributed by atoms with Gasteiger partial charge in [0, 0.05) is 12.2 Å². The monoisotopic (exact) mass is 456 g/mol. The van der Waals surface area contributed by atoms with Crippen molar-refractivity contribution in [3.8, 4) is 5.75 Å². The van der Waals surface area contributed by atoms with Gasteiger partial charge in [-0.25, -0.2) is 0 Å². The summed E-state index contributed by atoms with van der Waals surface area (Å²) in [6.07, 6.45) is 1.76. The molecule has 1 N–H and O–H groups in total. The van der Waals surface area contributed by atoms with Gasteiger partial charge >= 0.3 is 0 Å². The minimum Gasteiger partial charge on any atom is -0.484 e. The maximum Gasteiger partial charge on any atom is 0.234 e. The van der Waals surface area contributed by atoms with Crippen molar-refractivity contribution in [1.82, 2.24) is 14.8 Å². The molecule has 0 atom stereocenters. The van der Waals surface area contributed by atoms with E-state index >= 15 is 0 Å². The minimum atomic E-state index is -0.0953. The van der Waals surface area contributed by atoms with Crippen LogP contribution in [0.1, 0.15) is 22.5 Å². The number of aryl methyl sites for hydroxylation is 3. The highest BCUT2D eigenvalue weighted by Crippen LogP contribution is 2.25. The zero-order chi connectivity index (χ0) is 22.4. The first-order chi connectivity index (χ1) is 14.9. The molecule has 0 aliphatic rings. The van der Waals surface area contributed by atoms with Crippen LogP contribution < -0.4 is 10.1 Å². The number of rotatable bonds is 9. The van der Waals surface area contributed by atoms with Gasteiger partial charge in [0.05, 0.1) is 10.8 Å². The largest absolute Gasteiger partial charge is 0.484 e. The highest BCUT2D eigenvalue weighted by molar-refractivity contribution is 7.99. The molecule has 0 saturated carbocycles.